The molecule has 1 atom stereocenters. The minimum atomic E-state index is -3.71. The first-order chi connectivity index (χ1) is 15.8. The summed E-state index contributed by atoms with van der Waals surface area (Å²) in [4.78, 5) is 15.3. The monoisotopic (exact) mass is 473 g/mol. The molecule has 0 saturated carbocycles. The van der Waals surface area contributed by atoms with Crippen LogP contribution in [-0.4, -0.2) is 52.6 Å². The first-order valence-corrected chi connectivity index (χ1v) is 12.9. The second-order valence-electron chi connectivity index (χ2n) is 8.85. The summed E-state index contributed by atoms with van der Waals surface area (Å²) in [5.74, 6) is 0.458. The summed E-state index contributed by atoms with van der Waals surface area (Å²) >= 11 is 0. The summed E-state index contributed by atoms with van der Waals surface area (Å²) in [6.45, 7) is 8.17. The topological polar surface area (TPSA) is 87.7 Å². The number of carbonyl (C=O) groups excluding carboxylic acids is 1. The van der Waals surface area contributed by atoms with Crippen molar-refractivity contribution in [2.45, 2.75) is 44.7 Å². The Hall–Kier alpha value is -2.26. The molecule has 7 nitrogen and oxygen atoms in total. The highest BCUT2D eigenvalue weighted by Crippen LogP contribution is 2.19. The molecule has 1 saturated heterocycles. The normalized spacial score (nSPS) is 17.1. The van der Waals surface area contributed by atoms with Crippen LogP contribution in [0, 0.1) is 12.8 Å². The molecule has 0 bridgehead atoms. The van der Waals surface area contributed by atoms with E-state index in [9.17, 15) is 13.2 Å². The van der Waals surface area contributed by atoms with E-state index in [-0.39, 0.29) is 24.0 Å². The molecule has 1 fully saturated rings. The SMILES string of the molecule is COCCNS(=O)(=O)c1ccc(C)c(C(=O)NCc2ccc(CN3CCCC(C)C3)cc2)c1. The van der Waals surface area contributed by atoms with Crippen molar-refractivity contribution in [2.75, 3.05) is 33.4 Å². The number of nitrogens with one attached hydrogen (secondary N) is 2. The molecule has 2 aromatic rings. The van der Waals surface area contributed by atoms with Gasteiger partial charge in [0.15, 0.2) is 0 Å². The Balaban J connectivity index is 1.59. The fourth-order valence-corrected chi connectivity index (χ4v) is 5.14. The van der Waals surface area contributed by atoms with Gasteiger partial charge in [0, 0.05) is 38.9 Å². The van der Waals surface area contributed by atoms with Gasteiger partial charge >= 0.3 is 0 Å². The van der Waals surface area contributed by atoms with E-state index < -0.39 is 10.0 Å². The third-order valence-electron chi connectivity index (χ3n) is 5.99. The molecule has 33 heavy (non-hydrogen) atoms. The number of methoxy groups -OCH3 is 1. The van der Waals surface area contributed by atoms with Crippen molar-refractivity contribution in [1.29, 1.82) is 0 Å². The Bertz CT molecular complexity index is 1040. The van der Waals surface area contributed by atoms with Gasteiger partial charge in [-0.1, -0.05) is 37.3 Å². The Morgan fingerprint density at radius 2 is 1.88 bits per heavy atom. The molecule has 3 rings (SSSR count). The van der Waals surface area contributed by atoms with Crippen LogP contribution in [0.5, 0.6) is 0 Å². The van der Waals surface area contributed by atoms with Gasteiger partial charge in [-0.3, -0.25) is 9.69 Å². The molecule has 1 unspecified atom stereocenters. The van der Waals surface area contributed by atoms with E-state index in [1.807, 2.05) is 12.1 Å². The highest BCUT2D eigenvalue weighted by Gasteiger charge is 2.18. The Morgan fingerprint density at radius 3 is 2.58 bits per heavy atom. The van der Waals surface area contributed by atoms with E-state index in [4.69, 9.17) is 4.74 Å². The van der Waals surface area contributed by atoms with Gasteiger partial charge in [0.25, 0.3) is 5.91 Å². The molecular formula is C25H35N3O4S. The number of rotatable bonds is 10. The first kappa shape index (κ1) is 25.4. The molecule has 0 aromatic heterocycles. The molecule has 0 aliphatic carbocycles. The number of carbonyl (C=O) groups is 1. The largest absolute Gasteiger partial charge is 0.383 e. The van der Waals surface area contributed by atoms with Crippen molar-refractivity contribution in [1.82, 2.24) is 14.9 Å². The van der Waals surface area contributed by atoms with Crippen LogP contribution in [0.3, 0.4) is 0 Å². The molecule has 1 heterocycles. The molecule has 1 aliphatic rings. The Labute approximate surface area is 197 Å². The number of likely N-dealkylation sites (tertiary alicyclic amines) is 1. The third kappa shape index (κ3) is 7.37. The molecule has 1 aliphatic heterocycles. The zero-order valence-corrected chi connectivity index (χ0v) is 20.6. The van der Waals surface area contributed by atoms with E-state index in [0.717, 1.165) is 36.7 Å². The van der Waals surface area contributed by atoms with Gasteiger partial charge in [-0.25, -0.2) is 13.1 Å². The predicted molar refractivity (Wildman–Crippen MR) is 130 cm³/mol. The fourth-order valence-electron chi connectivity index (χ4n) is 4.10. The molecule has 0 radical (unpaired) electrons. The molecular weight excluding hydrogens is 438 g/mol. The highest BCUT2D eigenvalue weighted by atomic mass is 32.2. The lowest BCUT2D eigenvalue weighted by Crippen LogP contribution is -2.33. The number of hydrogen-bond acceptors (Lipinski definition) is 5. The summed E-state index contributed by atoms with van der Waals surface area (Å²) in [5, 5.41) is 2.91. The number of amides is 1. The number of aryl methyl sites for hydroxylation is 1. The number of nitrogens with zero attached hydrogens (tertiary/aromatic N) is 1. The lowest BCUT2D eigenvalue weighted by atomic mass is 9.99. The van der Waals surface area contributed by atoms with Crippen LogP contribution < -0.4 is 10.0 Å². The maximum Gasteiger partial charge on any atom is 0.251 e. The zero-order valence-electron chi connectivity index (χ0n) is 19.8. The van der Waals surface area contributed by atoms with E-state index in [1.54, 1.807) is 13.0 Å². The maximum atomic E-state index is 12.8. The molecule has 8 heteroatoms. The van der Waals surface area contributed by atoms with Crippen molar-refractivity contribution in [3.8, 4) is 0 Å². The average Bonchev–Trinajstić information content (AvgIpc) is 2.79. The molecule has 0 spiro atoms. The number of benzene rings is 2. The van der Waals surface area contributed by atoms with Crippen LogP contribution in [0.2, 0.25) is 0 Å². The van der Waals surface area contributed by atoms with Gasteiger partial charge in [0.2, 0.25) is 10.0 Å². The van der Waals surface area contributed by atoms with Crippen molar-refractivity contribution >= 4 is 15.9 Å². The van der Waals surface area contributed by atoms with Crippen LogP contribution in [0.4, 0.5) is 0 Å². The Morgan fingerprint density at radius 1 is 1.15 bits per heavy atom. The Kier molecular flexibility index (Phi) is 9.02. The fraction of sp³-hybridized carbons (Fsp3) is 0.480. The molecule has 2 aromatic carbocycles. The van der Waals surface area contributed by atoms with Gasteiger partial charge in [0.05, 0.1) is 11.5 Å². The zero-order chi connectivity index (χ0) is 23.8. The van der Waals surface area contributed by atoms with Crippen molar-refractivity contribution in [3.63, 3.8) is 0 Å². The second-order valence-corrected chi connectivity index (χ2v) is 10.6. The van der Waals surface area contributed by atoms with Gasteiger partial charge in [-0.15, -0.1) is 0 Å². The minimum Gasteiger partial charge on any atom is -0.383 e. The predicted octanol–water partition coefficient (Wildman–Crippen LogP) is 3.08. The van der Waals surface area contributed by atoms with E-state index in [2.05, 4.69) is 34.0 Å². The van der Waals surface area contributed by atoms with E-state index in [0.29, 0.717) is 12.1 Å². The standard InChI is InChI=1S/C25H35N3O4S/c1-19-5-4-13-28(17-19)18-22-9-7-21(8-10-22)16-26-25(29)24-15-23(11-6-20(24)2)33(30,31)27-12-14-32-3/h6-11,15,19,27H,4-5,12-14,16-18H2,1-3H3,(H,26,29). The van der Waals surface area contributed by atoms with Gasteiger partial charge in [0.1, 0.15) is 0 Å². The second kappa shape index (κ2) is 11.7. The number of hydrogen-bond donors (Lipinski definition) is 2. The van der Waals surface area contributed by atoms with Crippen molar-refractivity contribution in [3.05, 3.63) is 64.7 Å². The summed E-state index contributed by atoms with van der Waals surface area (Å²) < 4.78 is 32.3. The summed E-state index contributed by atoms with van der Waals surface area (Å²) in [7, 11) is -2.20. The van der Waals surface area contributed by atoms with Crippen LogP contribution >= 0.6 is 0 Å². The molecule has 2 N–H and O–H groups in total. The van der Waals surface area contributed by atoms with Crippen molar-refractivity contribution < 1.29 is 17.9 Å². The average molecular weight is 474 g/mol. The van der Waals surface area contributed by atoms with Crippen LogP contribution in [-0.2, 0) is 27.8 Å². The first-order valence-electron chi connectivity index (χ1n) is 11.5. The minimum absolute atomic E-state index is 0.0609. The molecule has 1 amide bonds. The number of piperidine rings is 1. The highest BCUT2D eigenvalue weighted by molar-refractivity contribution is 7.89. The van der Waals surface area contributed by atoms with Crippen LogP contribution in [0.1, 0.15) is 46.8 Å². The maximum absolute atomic E-state index is 12.8. The third-order valence-corrected chi connectivity index (χ3v) is 7.44. The summed E-state index contributed by atoms with van der Waals surface area (Å²) in [6, 6.07) is 12.9. The number of sulfonamides is 1. The van der Waals surface area contributed by atoms with E-state index >= 15 is 0 Å². The van der Waals surface area contributed by atoms with Crippen LogP contribution in [0.15, 0.2) is 47.4 Å². The van der Waals surface area contributed by atoms with Gasteiger partial charge in [-0.2, -0.15) is 0 Å². The van der Waals surface area contributed by atoms with Gasteiger partial charge < -0.3 is 10.1 Å². The van der Waals surface area contributed by atoms with Crippen LogP contribution in [0.25, 0.3) is 0 Å². The van der Waals surface area contributed by atoms with E-state index in [1.165, 1.54) is 37.6 Å². The summed E-state index contributed by atoms with van der Waals surface area (Å²) in [5.41, 5.74) is 3.34. The quantitative estimate of drug-likeness (QED) is 0.518. The number of ether oxygens (including phenoxy) is 1. The summed E-state index contributed by atoms with van der Waals surface area (Å²) in [6.07, 6.45) is 2.57. The smallest absolute Gasteiger partial charge is 0.251 e. The lowest BCUT2D eigenvalue weighted by molar-refractivity contribution is 0.0950. The van der Waals surface area contributed by atoms with Gasteiger partial charge in [-0.05, 0) is 61.1 Å². The lowest BCUT2D eigenvalue weighted by Gasteiger charge is -2.30. The van der Waals surface area contributed by atoms with Crippen molar-refractivity contribution in [2.24, 2.45) is 5.92 Å². The molecule has 180 valence electrons.